The number of hydrogen-bond acceptors (Lipinski definition) is 2. The molecule has 1 saturated heterocycles. The van der Waals surface area contributed by atoms with Crippen molar-refractivity contribution in [2.75, 3.05) is 6.54 Å². The van der Waals surface area contributed by atoms with Crippen LogP contribution in [0.1, 0.15) is 24.3 Å². The van der Waals surface area contributed by atoms with Gasteiger partial charge in [-0.25, -0.2) is 0 Å². The summed E-state index contributed by atoms with van der Waals surface area (Å²) in [4.78, 5) is 1.49. The van der Waals surface area contributed by atoms with Crippen molar-refractivity contribution in [3.63, 3.8) is 0 Å². The molecular formula is C11H13NS. The SMILES string of the molecule is c1ccc2c(c1)SC1NCCCC21. The lowest BCUT2D eigenvalue weighted by atomic mass is 9.92. The number of rotatable bonds is 0. The maximum atomic E-state index is 3.59. The molecule has 13 heavy (non-hydrogen) atoms. The molecule has 0 spiro atoms. The van der Waals surface area contributed by atoms with Crippen LogP contribution in [0.3, 0.4) is 0 Å². The second kappa shape index (κ2) is 3.03. The number of benzene rings is 1. The maximum absolute atomic E-state index is 3.59. The molecule has 0 bridgehead atoms. The Hall–Kier alpha value is -0.470. The zero-order chi connectivity index (χ0) is 8.67. The fraction of sp³-hybridized carbons (Fsp3) is 0.455. The van der Waals surface area contributed by atoms with Crippen molar-refractivity contribution in [3.8, 4) is 0 Å². The fourth-order valence-corrected chi connectivity index (χ4v) is 3.77. The lowest BCUT2D eigenvalue weighted by Crippen LogP contribution is -2.34. The number of piperidine rings is 1. The summed E-state index contributed by atoms with van der Waals surface area (Å²) in [6, 6.07) is 8.85. The molecule has 1 fully saturated rings. The molecule has 1 aromatic carbocycles. The molecule has 2 atom stereocenters. The van der Waals surface area contributed by atoms with Crippen molar-refractivity contribution >= 4 is 11.8 Å². The Morgan fingerprint density at radius 1 is 1.31 bits per heavy atom. The molecule has 68 valence electrons. The largest absolute Gasteiger partial charge is 0.305 e. The smallest absolute Gasteiger partial charge is 0.0649 e. The quantitative estimate of drug-likeness (QED) is 0.676. The topological polar surface area (TPSA) is 12.0 Å². The molecule has 3 rings (SSSR count). The summed E-state index contributed by atoms with van der Waals surface area (Å²) >= 11 is 2.01. The molecule has 1 aromatic rings. The predicted octanol–water partition coefficient (Wildman–Crippen LogP) is 2.59. The first-order valence-electron chi connectivity index (χ1n) is 4.94. The van der Waals surface area contributed by atoms with Crippen molar-refractivity contribution in [1.82, 2.24) is 5.32 Å². The molecular weight excluding hydrogens is 178 g/mol. The number of nitrogens with one attached hydrogen (secondary N) is 1. The Bertz CT molecular complexity index is 324. The average molecular weight is 191 g/mol. The monoisotopic (exact) mass is 191 g/mol. The van der Waals surface area contributed by atoms with Gasteiger partial charge in [-0.15, -0.1) is 11.8 Å². The molecule has 2 aliphatic heterocycles. The van der Waals surface area contributed by atoms with Crippen molar-refractivity contribution in [3.05, 3.63) is 29.8 Å². The van der Waals surface area contributed by atoms with E-state index in [0.717, 1.165) is 5.92 Å². The maximum Gasteiger partial charge on any atom is 0.0649 e. The first kappa shape index (κ1) is 7.89. The highest BCUT2D eigenvalue weighted by molar-refractivity contribution is 8.00. The number of hydrogen-bond donors (Lipinski definition) is 1. The number of thioether (sulfide) groups is 1. The van der Waals surface area contributed by atoms with E-state index in [0.29, 0.717) is 5.37 Å². The molecule has 1 nitrogen and oxygen atoms in total. The standard InChI is InChI=1S/C11H13NS/c1-2-6-10-8(4-1)9-5-3-7-12-11(9)13-10/h1-2,4,6,9,11-12H,3,5,7H2. The number of fused-ring (bicyclic) bond motifs is 3. The predicted molar refractivity (Wildman–Crippen MR) is 56.1 cm³/mol. The van der Waals surface area contributed by atoms with Crippen LogP contribution in [0.4, 0.5) is 0 Å². The molecule has 0 amide bonds. The average Bonchev–Trinajstić information content (AvgIpc) is 2.56. The van der Waals surface area contributed by atoms with Crippen molar-refractivity contribution in [2.45, 2.75) is 29.0 Å². The summed E-state index contributed by atoms with van der Waals surface area (Å²) < 4.78 is 0. The van der Waals surface area contributed by atoms with Crippen LogP contribution in [0.15, 0.2) is 29.2 Å². The van der Waals surface area contributed by atoms with Gasteiger partial charge in [0.1, 0.15) is 0 Å². The second-order valence-corrected chi connectivity index (χ2v) is 4.96. The Balaban J connectivity index is 2.01. The third-order valence-electron chi connectivity index (χ3n) is 2.98. The van der Waals surface area contributed by atoms with Gasteiger partial charge in [0.05, 0.1) is 5.37 Å². The van der Waals surface area contributed by atoms with E-state index in [1.165, 1.54) is 24.3 Å². The van der Waals surface area contributed by atoms with Gasteiger partial charge in [0.15, 0.2) is 0 Å². The van der Waals surface area contributed by atoms with Gasteiger partial charge in [0.2, 0.25) is 0 Å². The first-order valence-corrected chi connectivity index (χ1v) is 5.82. The minimum atomic E-state index is 0.658. The zero-order valence-electron chi connectivity index (χ0n) is 7.49. The Morgan fingerprint density at radius 2 is 2.23 bits per heavy atom. The van der Waals surface area contributed by atoms with Crippen molar-refractivity contribution in [2.24, 2.45) is 0 Å². The highest BCUT2D eigenvalue weighted by atomic mass is 32.2. The van der Waals surface area contributed by atoms with Gasteiger partial charge < -0.3 is 5.32 Å². The first-order chi connectivity index (χ1) is 6.45. The van der Waals surface area contributed by atoms with Crippen LogP contribution in [0, 0.1) is 0 Å². The highest BCUT2D eigenvalue weighted by Gasteiger charge is 2.34. The van der Waals surface area contributed by atoms with Crippen LogP contribution < -0.4 is 5.32 Å². The van der Waals surface area contributed by atoms with Gasteiger partial charge in [-0.3, -0.25) is 0 Å². The van der Waals surface area contributed by atoms with E-state index in [1.54, 1.807) is 5.56 Å². The van der Waals surface area contributed by atoms with Gasteiger partial charge in [-0.05, 0) is 31.0 Å². The highest BCUT2D eigenvalue weighted by Crippen LogP contribution is 2.47. The van der Waals surface area contributed by atoms with Crippen LogP contribution in [0.25, 0.3) is 0 Å². The van der Waals surface area contributed by atoms with E-state index in [9.17, 15) is 0 Å². The summed E-state index contributed by atoms with van der Waals surface area (Å²) in [6.45, 7) is 1.20. The second-order valence-electron chi connectivity index (χ2n) is 3.78. The van der Waals surface area contributed by atoms with E-state index in [2.05, 4.69) is 29.6 Å². The van der Waals surface area contributed by atoms with Gasteiger partial charge in [0, 0.05) is 10.8 Å². The molecule has 0 aromatic heterocycles. The minimum absolute atomic E-state index is 0.658. The summed E-state index contributed by atoms with van der Waals surface area (Å²) in [6.07, 6.45) is 2.69. The molecule has 2 aliphatic rings. The molecule has 2 heterocycles. The van der Waals surface area contributed by atoms with E-state index < -0.39 is 0 Å². The van der Waals surface area contributed by atoms with E-state index in [1.807, 2.05) is 11.8 Å². The fourth-order valence-electron chi connectivity index (χ4n) is 2.33. The van der Waals surface area contributed by atoms with Crippen molar-refractivity contribution < 1.29 is 0 Å². The molecule has 1 N–H and O–H groups in total. The van der Waals surface area contributed by atoms with Crippen LogP contribution >= 0.6 is 11.8 Å². The minimum Gasteiger partial charge on any atom is -0.305 e. The van der Waals surface area contributed by atoms with Gasteiger partial charge in [-0.1, -0.05) is 18.2 Å². The Labute approximate surface area is 82.9 Å². The third kappa shape index (κ3) is 1.20. The van der Waals surface area contributed by atoms with Crippen LogP contribution in [0.5, 0.6) is 0 Å². The van der Waals surface area contributed by atoms with Gasteiger partial charge >= 0.3 is 0 Å². The van der Waals surface area contributed by atoms with E-state index in [4.69, 9.17) is 0 Å². The van der Waals surface area contributed by atoms with Crippen LogP contribution in [-0.2, 0) is 0 Å². The molecule has 0 saturated carbocycles. The van der Waals surface area contributed by atoms with Crippen molar-refractivity contribution in [1.29, 1.82) is 0 Å². The lowest BCUT2D eigenvalue weighted by molar-refractivity contribution is 0.439. The summed E-state index contributed by atoms with van der Waals surface area (Å²) in [5, 5.41) is 4.25. The van der Waals surface area contributed by atoms with E-state index >= 15 is 0 Å². The molecule has 2 heteroatoms. The third-order valence-corrected chi connectivity index (χ3v) is 4.35. The van der Waals surface area contributed by atoms with Gasteiger partial charge in [-0.2, -0.15) is 0 Å². The zero-order valence-corrected chi connectivity index (χ0v) is 8.31. The molecule has 0 aliphatic carbocycles. The van der Waals surface area contributed by atoms with Crippen LogP contribution in [-0.4, -0.2) is 11.9 Å². The lowest BCUT2D eigenvalue weighted by Gasteiger charge is -2.25. The summed E-state index contributed by atoms with van der Waals surface area (Å²) in [5.74, 6) is 0.773. The normalized spacial score (nSPS) is 31.1. The molecule has 0 radical (unpaired) electrons. The Kier molecular flexibility index (Phi) is 1.84. The van der Waals surface area contributed by atoms with Gasteiger partial charge in [0.25, 0.3) is 0 Å². The van der Waals surface area contributed by atoms with E-state index in [-0.39, 0.29) is 0 Å². The molecule has 2 unspecified atom stereocenters. The summed E-state index contributed by atoms with van der Waals surface area (Å²) in [7, 11) is 0. The Morgan fingerprint density at radius 3 is 3.23 bits per heavy atom. The van der Waals surface area contributed by atoms with Crippen LogP contribution in [0.2, 0.25) is 0 Å². The summed E-state index contributed by atoms with van der Waals surface area (Å²) in [5.41, 5.74) is 1.57.